The molecular formula is C23H32N4O. The maximum Gasteiger partial charge on any atom is 0.238 e. The van der Waals surface area contributed by atoms with E-state index in [9.17, 15) is 4.79 Å². The molecule has 1 aromatic carbocycles. The van der Waals surface area contributed by atoms with Crippen LogP contribution in [0.2, 0.25) is 0 Å². The van der Waals surface area contributed by atoms with Crippen LogP contribution in [0.4, 0.5) is 5.69 Å². The summed E-state index contributed by atoms with van der Waals surface area (Å²) in [6.45, 7) is 5.56. The molecule has 0 spiro atoms. The molecule has 2 aromatic rings. The first-order chi connectivity index (χ1) is 13.6. The molecule has 1 heterocycles. The molecule has 0 bridgehead atoms. The van der Waals surface area contributed by atoms with Crippen molar-refractivity contribution in [1.29, 1.82) is 0 Å². The van der Waals surface area contributed by atoms with Gasteiger partial charge in [0.1, 0.15) is 0 Å². The molecule has 0 aliphatic heterocycles. The number of amides is 1. The number of carbonyl (C=O) groups is 1. The van der Waals surface area contributed by atoms with Gasteiger partial charge in [-0.1, -0.05) is 37.5 Å². The highest BCUT2D eigenvalue weighted by molar-refractivity contribution is 5.93. The van der Waals surface area contributed by atoms with Crippen molar-refractivity contribution in [3.05, 3.63) is 41.7 Å². The fourth-order valence-corrected chi connectivity index (χ4v) is 4.49. The summed E-state index contributed by atoms with van der Waals surface area (Å²) in [6, 6.07) is 10.7. The van der Waals surface area contributed by atoms with Gasteiger partial charge in [-0.3, -0.25) is 9.69 Å². The zero-order valence-corrected chi connectivity index (χ0v) is 17.2. The molecule has 0 unspecified atom stereocenters. The van der Waals surface area contributed by atoms with Gasteiger partial charge in [0, 0.05) is 12.6 Å². The average Bonchev–Trinajstić information content (AvgIpc) is 3.52. The van der Waals surface area contributed by atoms with Gasteiger partial charge < -0.3 is 5.32 Å². The molecule has 1 amide bonds. The summed E-state index contributed by atoms with van der Waals surface area (Å²) >= 11 is 0. The Bertz CT molecular complexity index is 804. The molecule has 150 valence electrons. The number of nitrogens with zero attached hydrogens (tertiary/aromatic N) is 3. The van der Waals surface area contributed by atoms with Crippen LogP contribution in [0.25, 0.3) is 5.69 Å². The minimum absolute atomic E-state index is 0.0847. The lowest BCUT2D eigenvalue weighted by Gasteiger charge is -2.29. The van der Waals surface area contributed by atoms with Gasteiger partial charge in [-0.25, -0.2) is 4.68 Å². The molecule has 4 rings (SSSR count). The van der Waals surface area contributed by atoms with Crippen LogP contribution in [0, 0.1) is 19.8 Å². The van der Waals surface area contributed by atoms with Gasteiger partial charge in [0.25, 0.3) is 0 Å². The van der Waals surface area contributed by atoms with Crippen LogP contribution >= 0.6 is 0 Å². The summed E-state index contributed by atoms with van der Waals surface area (Å²) < 4.78 is 1.91. The van der Waals surface area contributed by atoms with Crippen LogP contribution in [0.5, 0.6) is 0 Å². The Morgan fingerprint density at radius 1 is 1.11 bits per heavy atom. The van der Waals surface area contributed by atoms with Crippen molar-refractivity contribution >= 4 is 11.6 Å². The molecule has 5 nitrogen and oxygen atoms in total. The monoisotopic (exact) mass is 380 g/mol. The summed E-state index contributed by atoms with van der Waals surface area (Å²) in [5.41, 5.74) is 3.70. The molecule has 0 saturated heterocycles. The summed E-state index contributed by atoms with van der Waals surface area (Å²) in [5.74, 6) is 0.855. The van der Waals surface area contributed by atoms with E-state index in [4.69, 9.17) is 0 Å². The minimum Gasteiger partial charge on any atom is -0.322 e. The third-order valence-electron chi connectivity index (χ3n) is 6.18. The summed E-state index contributed by atoms with van der Waals surface area (Å²) in [7, 11) is 0. The average molecular weight is 381 g/mol. The zero-order valence-electron chi connectivity index (χ0n) is 17.2. The molecule has 2 saturated carbocycles. The Balaban J connectivity index is 1.42. The fraction of sp³-hybridized carbons (Fsp3) is 0.565. The molecule has 5 heteroatoms. The number of hydrogen-bond donors (Lipinski definition) is 1. The maximum absolute atomic E-state index is 12.9. The number of aryl methyl sites for hydroxylation is 1. The van der Waals surface area contributed by atoms with Crippen molar-refractivity contribution in [2.24, 2.45) is 5.92 Å². The number of nitrogens with one attached hydrogen (secondary N) is 1. The quantitative estimate of drug-likeness (QED) is 0.771. The molecule has 2 aliphatic carbocycles. The van der Waals surface area contributed by atoms with Gasteiger partial charge in [-0.2, -0.15) is 5.10 Å². The SMILES string of the molecule is Cc1nn(-c2ccccc2)c(C)c1NC(=O)CN(CC1CCCCC1)C1CC1. The van der Waals surface area contributed by atoms with Crippen molar-refractivity contribution in [3.8, 4) is 5.69 Å². The fourth-order valence-electron chi connectivity index (χ4n) is 4.49. The number of para-hydroxylation sites is 1. The van der Waals surface area contributed by atoms with E-state index in [-0.39, 0.29) is 5.91 Å². The van der Waals surface area contributed by atoms with E-state index in [1.807, 2.05) is 48.9 Å². The standard InChI is InChI=1S/C23H32N4O/c1-17-23(18(2)27(25-17)21-11-7-4-8-12-21)24-22(28)16-26(20-13-14-20)15-19-9-5-3-6-10-19/h4,7-8,11-12,19-20H,3,5-6,9-10,13-16H2,1-2H3,(H,24,28). The van der Waals surface area contributed by atoms with Crippen LogP contribution in [-0.4, -0.2) is 39.7 Å². The summed E-state index contributed by atoms with van der Waals surface area (Å²) in [5, 5.41) is 7.80. The molecule has 1 aromatic heterocycles. The van der Waals surface area contributed by atoms with E-state index >= 15 is 0 Å². The maximum atomic E-state index is 12.9. The number of carbonyl (C=O) groups excluding carboxylic acids is 1. The first-order valence-electron chi connectivity index (χ1n) is 10.8. The second kappa shape index (κ2) is 8.48. The third-order valence-corrected chi connectivity index (χ3v) is 6.18. The van der Waals surface area contributed by atoms with Crippen molar-refractivity contribution in [2.75, 3.05) is 18.4 Å². The van der Waals surface area contributed by atoms with Crippen LogP contribution in [0.3, 0.4) is 0 Å². The topological polar surface area (TPSA) is 50.2 Å². The highest BCUT2D eigenvalue weighted by Crippen LogP contribution is 2.31. The lowest BCUT2D eigenvalue weighted by Crippen LogP contribution is -2.38. The smallest absolute Gasteiger partial charge is 0.238 e. The predicted molar refractivity (Wildman–Crippen MR) is 113 cm³/mol. The van der Waals surface area contributed by atoms with Crippen LogP contribution in [0.15, 0.2) is 30.3 Å². The Kier molecular flexibility index (Phi) is 5.81. The second-order valence-corrected chi connectivity index (χ2v) is 8.51. The number of benzene rings is 1. The lowest BCUT2D eigenvalue weighted by molar-refractivity contribution is -0.117. The Morgan fingerprint density at radius 3 is 2.50 bits per heavy atom. The van der Waals surface area contributed by atoms with Crippen LogP contribution in [-0.2, 0) is 4.79 Å². The highest BCUT2D eigenvalue weighted by atomic mass is 16.2. The van der Waals surface area contributed by atoms with Crippen LogP contribution < -0.4 is 5.32 Å². The number of hydrogen-bond acceptors (Lipinski definition) is 3. The molecule has 2 aliphatic rings. The first kappa shape index (κ1) is 19.2. The summed E-state index contributed by atoms with van der Waals surface area (Å²) in [4.78, 5) is 15.3. The first-order valence-corrected chi connectivity index (χ1v) is 10.8. The molecule has 2 fully saturated rings. The van der Waals surface area contributed by atoms with E-state index < -0.39 is 0 Å². The van der Waals surface area contributed by atoms with Crippen molar-refractivity contribution in [1.82, 2.24) is 14.7 Å². The van der Waals surface area contributed by atoms with Gasteiger partial charge in [-0.05, 0) is 57.6 Å². The van der Waals surface area contributed by atoms with Gasteiger partial charge in [-0.15, -0.1) is 0 Å². The Labute approximate surface area is 168 Å². The Morgan fingerprint density at radius 2 is 1.82 bits per heavy atom. The molecule has 28 heavy (non-hydrogen) atoms. The third kappa shape index (κ3) is 4.46. The molecule has 0 radical (unpaired) electrons. The van der Waals surface area contributed by atoms with Crippen molar-refractivity contribution in [2.45, 2.75) is 64.8 Å². The van der Waals surface area contributed by atoms with Crippen molar-refractivity contribution < 1.29 is 4.79 Å². The number of anilines is 1. The Hall–Kier alpha value is -2.14. The van der Waals surface area contributed by atoms with Gasteiger partial charge >= 0.3 is 0 Å². The van der Waals surface area contributed by atoms with Gasteiger partial charge in [0.05, 0.1) is 29.3 Å². The predicted octanol–water partition coefficient (Wildman–Crippen LogP) is 4.47. The number of rotatable bonds is 7. The van der Waals surface area contributed by atoms with E-state index in [0.29, 0.717) is 12.6 Å². The van der Waals surface area contributed by atoms with Crippen LogP contribution in [0.1, 0.15) is 56.3 Å². The lowest BCUT2D eigenvalue weighted by atomic mass is 9.89. The van der Waals surface area contributed by atoms with E-state index in [1.165, 1.54) is 44.9 Å². The largest absolute Gasteiger partial charge is 0.322 e. The van der Waals surface area contributed by atoms with Crippen molar-refractivity contribution in [3.63, 3.8) is 0 Å². The van der Waals surface area contributed by atoms with E-state index in [0.717, 1.165) is 35.2 Å². The zero-order chi connectivity index (χ0) is 19.5. The van der Waals surface area contributed by atoms with E-state index in [2.05, 4.69) is 15.3 Å². The van der Waals surface area contributed by atoms with Gasteiger partial charge in [0.2, 0.25) is 5.91 Å². The summed E-state index contributed by atoms with van der Waals surface area (Å²) in [6.07, 6.45) is 9.22. The van der Waals surface area contributed by atoms with Gasteiger partial charge in [0.15, 0.2) is 0 Å². The van der Waals surface area contributed by atoms with E-state index in [1.54, 1.807) is 0 Å². The minimum atomic E-state index is 0.0847. The second-order valence-electron chi connectivity index (χ2n) is 8.51. The number of aromatic nitrogens is 2. The highest BCUT2D eigenvalue weighted by Gasteiger charge is 2.32. The normalized spacial score (nSPS) is 17.8. The molecule has 1 N–H and O–H groups in total. The molecule has 0 atom stereocenters. The molecular weight excluding hydrogens is 348 g/mol.